The Labute approximate surface area is 167 Å². The quantitative estimate of drug-likeness (QED) is 0.619. The lowest BCUT2D eigenvalue weighted by Crippen LogP contribution is -2.51. The lowest BCUT2D eigenvalue weighted by Gasteiger charge is -2.30. The van der Waals surface area contributed by atoms with Gasteiger partial charge in [0.05, 0.1) is 6.04 Å². The minimum absolute atomic E-state index is 0.218. The van der Waals surface area contributed by atoms with Crippen LogP contribution in [0.4, 0.5) is 5.69 Å². The molecule has 2 aromatic rings. The summed E-state index contributed by atoms with van der Waals surface area (Å²) in [7, 11) is 1.64. The lowest BCUT2D eigenvalue weighted by molar-refractivity contribution is -0.138. The predicted octanol–water partition coefficient (Wildman–Crippen LogP) is 2.72. The maximum Gasteiger partial charge on any atom is 0.247 e. The maximum absolute atomic E-state index is 13.0. The van der Waals surface area contributed by atoms with Crippen LogP contribution in [-0.4, -0.2) is 42.4 Å². The highest BCUT2D eigenvalue weighted by atomic mass is 16.2. The van der Waals surface area contributed by atoms with Crippen molar-refractivity contribution in [2.45, 2.75) is 45.2 Å². The van der Waals surface area contributed by atoms with E-state index in [0.717, 1.165) is 10.8 Å². The van der Waals surface area contributed by atoms with Crippen LogP contribution in [-0.2, 0) is 9.59 Å². The Bertz CT molecular complexity index is 806. The molecule has 0 saturated heterocycles. The van der Waals surface area contributed by atoms with Gasteiger partial charge in [0, 0.05) is 12.7 Å². The maximum atomic E-state index is 13.0. The van der Waals surface area contributed by atoms with Crippen LogP contribution in [0, 0.1) is 5.92 Å². The van der Waals surface area contributed by atoms with Gasteiger partial charge in [0.25, 0.3) is 0 Å². The number of nitrogens with two attached hydrogens (primary N) is 2. The molecule has 6 nitrogen and oxygen atoms in total. The van der Waals surface area contributed by atoms with E-state index in [4.69, 9.17) is 11.5 Å². The largest absolute Gasteiger partial charge is 0.332 e. The minimum Gasteiger partial charge on any atom is -0.332 e. The highest BCUT2D eigenvalue weighted by Gasteiger charge is 2.29. The van der Waals surface area contributed by atoms with E-state index in [9.17, 15) is 9.59 Å². The Hall–Kier alpha value is -2.44. The Balaban J connectivity index is 2.15. The van der Waals surface area contributed by atoms with Crippen LogP contribution >= 0.6 is 0 Å². The molecule has 0 aliphatic carbocycles. The van der Waals surface area contributed by atoms with Crippen molar-refractivity contribution in [1.29, 1.82) is 0 Å². The second-order valence-corrected chi connectivity index (χ2v) is 7.68. The van der Waals surface area contributed by atoms with Crippen LogP contribution in [0.1, 0.15) is 33.1 Å². The van der Waals surface area contributed by atoms with Crippen LogP contribution in [0.15, 0.2) is 42.5 Å². The standard InChI is InChI=1S/C22H32N4O2/c1-15(2)13-19(24)22(28)26(3)20(9-6-12-23)21(27)25-18-11-10-16-7-4-5-8-17(16)14-18/h4-5,7-8,10-11,14-15,19-20H,6,9,12-13,23-24H2,1-3H3,(H,25,27)/t19-,20-/m0/s1. The van der Waals surface area contributed by atoms with Crippen LogP contribution < -0.4 is 16.8 Å². The summed E-state index contributed by atoms with van der Waals surface area (Å²) in [6.07, 6.45) is 1.72. The van der Waals surface area contributed by atoms with Crippen molar-refractivity contribution >= 4 is 28.3 Å². The van der Waals surface area contributed by atoms with Gasteiger partial charge in [-0.1, -0.05) is 44.2 Å². The molecule has 2 amide bonds. The zero-order chi connectivity index (χ0) is 20.7. The summed E-state index contributed by atoms with van der Waals surface area (Å²) in [5.74, 6) is -0.137. The van der Waals surface area contributed by atoms with E-state index in [2.05, 4.69) is 5.32 Å². The van der Waals surface area contributed by atoms with Gasteiger partial charge >= 0.3 is 0 Å². The molecule has 0 unspecified atom stereocenters. The molecule has 0 aliphatic heterocycles. The van der Waals surface area contributed by atoms with E-state index in [-0.39, 0.29) is 11.8 Å². The number of carbonyl (C=O) groups excluding carboxylic acids is 2. The minimum atomic E-state index is -0.612. The molecule has 28 heavy (non-hydrogen) atoms. The van der Waals surface area contributed by atoms with Gasteiger partial charge in [-0.05, 0) is 54.6 Å². The fourth-order valence-corrected chi connectivity index (χ4v) is 3.33. The second kappa shape index (κ2) is 10.2. The van der Waals surface area contributed by atoms with Gasteiger partial charge in [-0.25, -0.2) is 0 Å². The first kappa shape index (κ1) is 21.9. The number of hydrogen-bond acceptors (Lipinski definition) is 4. The van der Waals surface area contributed by atoms with Gasteiger partial charge in [0.1, 0.15) is 6.04 Å². The number of hydrogen-bond donors (Lipinski definition) is 3. The van der Waals surface area contributed by atoms with E-state index in [1.54, 1.807) is 7.05 Å². The van der Waals surface area contributed by atoms with Crippen LogP contribution in [0.2, 0.25) is 0 Å². The van der Waals surface area contributed by atoms with Gasteiger partial charge in [-0.15, -0.1) is 0 Å². The van der Waals surface area contributed by atoms with E-state index < -0.39 is 12.1 Å². The summed E-state index contributed by atoms with van der Waals surface area (Å²) in [6.45, 7) is 4.50. The fraction of sp³-hybridized carbons (Fsp3) is 0.455. The van der Waals surface area contributed by atoms with Gasteiger partial charge in [0.15, 0.2) is 0 Å². The number of anilines is 1. The fourth-order valence-electron chi connectivity index (χ4n) is 3.33. The van der Waals surface area contributed by atoms with Crippen molar-refractivity contribution in [3.8, 4) is 0 Å². The molecule has 0 heterocycles. The smallest absolute Gasteiger partial charge is 0.247 e. The Morgan fingerprint density at radius 2 is 1.79 bits per heavy atom. The van der Waals surface area contributed by atoms with E-state index >= 15 is 0 Å². The normalized spacial score (nSPS) is 13.4. The van der Waals surface area contributed by atoms with E-state index in [1.807, 2.05) is 56.3 Å². The third-order valence-electron chi connectivity index (χ3n) is 4.86. The number of fused-ring (bicyclic) bond motifs is 1. The molecule has 5 N–H and O–H groups in total. The molecule has 0 saturated carbocycles. The summed E-state index contributed by atoms with van der Waals surface area (Å²) < 4.78 is 0. The number of amides is 2. The Kier molecular flexibility index (Phi) is 7.96. The molecule has 2 rings (SSSR count). The number of carbonyl (C=O) groups is 2. The molecule has 152 valence electrons. The Morgan fingerprint density at radius 3 is 2.43 bits per heavy atom. The lowest BCUT2D eigenvalue weighted by atomic mass is 10.0. The predicted molar refractivity (Wildman–Crippen MR) is 115 cm³/mol. The molecule has 0 bridgehead atoms. The van der Waals surface area contributed by atoms with Crippen molar-refractivity contribution in [1.82, 2.24) is 4.90 Å². The summed E-state index contributed by atoms with van der Waals surface area (Å²) in [4.78, 5) is 27.1. The first-order valence-electron chi connectivity index (χ1n) is 9.85. The summed E-state index contributed by atoms with van der Waals surface area (Å²) in [6, 6.07) is 12.5. The monoisotopic (exact) mass is 384 g/mol. The molecule has 0 radical (unpaired) electrons. The molecular formula is C22H32N4O2. The van der Waals surface area contributed by atoms with Crippen molar-refractivity contribution in [2.24, 2.45) is 17.4 Å². The summed E-state index contributed by atoms with van der Waals surface area (Å²) >= 11 is 0. The van der Waals surface area contributed by atoms with Gasteiger partial charge in [0.2, 0.25) is 11.8 Å². The zero-order valence-corrected chi connectivity index (χ0v) is 17.0. The van der Waals surface area contributed by atoms with E-state index in [1.165, 1.54) is 4.90 Å². The second-order valence-electron chi connectivity index (χ2n) is 7.68. The van der Waals surface area contributed by atoms with E-state index in [0.29, 0.717) is 37.4 Å². The van der Waals surface area contributed by atoms with Crippen molar-refractivity contribution in [3.63, 3.8) is 0 Å². The highest BCUT2D eigenvalue weighted by molar-refractivity contribution is 5.99. The number of nitrogens with zero attached hydrogens (tertiary/aromatic N) is 1. The van der Waals surface area contributed by atoms with Crippen LogP contribution in [0.25, 0.3) is 10.8 Å². The molecular weight excluding hydrogens is 352 g/mol. The number of rotatable bonds is 9. The Morgan fingerprint density at radius 1 is 1.11 bits per heavy atom. The number of benzene rings is 2. The molecule has 0 fully saturated rings. The van der Waals surface area contributed by atoms with Crippen molar-refractivity contribution < 1.29 is 9.59 Å². The molecule has 2 aromatic carbocycles. The first-order valence-corrected chi connectivity index (χ1v) is 9.85. The third-order valence-corrected chi connectivity index (χ3v) is 4.86. The first-order chi connectivity index (χ1) is 13.3. The highest BCUT2D eigenvalue weighted by Crippen LogP contribution is 2.20. The molecule has 6 heteroatoms. The summed E-state index contributed by atoms with van der Waals surface area (Å²) in [5, 5.41) is 5.09. The average Bonchev–Trinajstić information content (AvgIpc) is 2.66. The molecule has 0 aromatic heterocycles. The van der Waals surface area contributed by atoms with Gasteiger partial charge < -0.3 is 21.7 Å². The summed E-state index contributed by atoms with van der Waals surface area (Å²) in [5.41, 5.74) is 12.4. The van der Waals surface area contributed by atoms with Crippen molar-refractivity contribution in [2.75, 3.05) is 18.9 Å². The van der Waals surface area contributed by atoms with Crippen LogP contribution in [0.3, 0.4) is 0 Å². The van der Waals surface area contributed by atoms with Gasteiger partial charge in [-0.2, -0.15) is 0 Å². The van der Waals surface area contributed by atoms with Gasteiger partial charge in [-0.3, -0.25) is 9.59 Å². The number of nitrogens with one attached hydrogen (secondary N) is 1. The molecule has 0 spiro atoms. The molecule has 2 atom stereocenters. The van der Waals surface area contributed by atoms with Crippen molar-refractivity contribution in [3.05, 3.63) is 42.5 Å². The van der Waals surface area contributed by atoms with Crippen LogP contribution in [0.5, 0.6) is 0 Å². The average molecular weight is 385 g/mol. The SMILES string of the molecule is CC(C)C[C@H](N)C(=O)N(C)[C@@H](CCCN)C(=O)Nc1ccc2ccccc2c1. The number of likely N-dealkylation sites (N-methyl/N-ethyl adjacent to an activating group) is 1. The zero-order valence-electron chi connectivity index (χ0n) is 17.0. The topological polar surface area (TPSA) is 101 Å². The third kappa shape index (κ3) is 5.78. The molecule has 0 aliphatic rings.